The first-order chi connectivity index (χ1) is 8.13. The van der Waals surface area contributed by atoms with Gasteiger partial charge in [-0.1, -0.05) is 6.92 Å². The van der Waals surface area contributed by atoms with Gasteiger partial charge in [0.1, 0.15) is 0 Å². The van der Waals surface area contributed by atoms with Crippen LogP contribution in [0.3, 0.4) is 0 Å². The van der Waals surface area contributed by atoms with Gasteiger partial charge in [-0.25, -0.2) is 0 Å². The highest BCUT2D eigenvalue weighted by Gasteiger charge is 2.21. The molecule has 102 valence electrons. The van der Waals surface area contributed by atoms with Crippen LogP contribution in [0.25, 0.3) is 0 Å². The van der Waals surface area contributed by atoms with Crippen LogP contribution in [0.4, 0.5) is 0 Å². The number of likely N-dealkylation sites (tertiary alicyclic amines) is 1. The minimum absolute atomic E-state index is 0.666. The SMILES string of the molecule is CCCNCC1CCN(CCN(C)C(C)C)C1. The molecule has 3 nitrogen and oxygen atoms in total. The van der Waals surface area contributed by atoms with Gasteiger partial charge in [-0.05, 0) is 59.3 Å². The Morgan fingerprint density at radius 1 is 1.41 bits per heavy atom. The molecule has 17 heavy (non-hydrogen) atoms. The predicted molar refractivity (Wildman–Crippen MR) is 75.5 cm³/mol. The summed E-state index contributed by atoms with van der Waals surface area (Å²) < 4.78 is 0. The molecule has 1 fully saturated rings. The third-order valence-electron chi connectivity index (χ3n) is 3.88. The van der Waals surface area contributed by atoms with Crippen LogP contribution in [-0.2, 0) is 0 Å². The van der Waals surface area contributed by atoms with Crippen molar-refractivity contribution in [2.24, 2.45) is 5.92 Å². The second-order valence-electron chi connectivity index (χ2n) is 5.73. The average Bonchev–Trinajstić information content (AvgIpc) is 2.74. The first-order valence-electron chi connectivity index (χ1n) is 7.26. The Kier molecular flexibility index (Phi) is 7.09. The van der Waals surface area contributed by atoms with E-state index >= 15 is 0 Å². The summed E-state index contributed by atoms with van der Waals surface area (Å²) in [5, 5.41) is 3.54. The zero-order valence-corrected chi connectivity index (χ0v) is 12.2. The van der Waals surface area contributed by atoms with Crippen LogP contribution >= 0.6 is 0 Å². The molecule has 1 atom stereocenters. The number of likely N-dealkylation sites (N-methyl/N-ethyl adjacent to an activating group) is 1. The van der Waals surface area contributed by atoms with Crippen LogP contribution < -0.4 is 5.32 Å². The number of hydrogen-bond donors (Lipinski definition) is 1. The van der Waals surface area contributed by atoms with E-state index in [9.17, 15) is 0 Å². The summed E-state index contributed by atoms with van der Waals surface area (Å²) in [5.41, 5.74) is 0. The molecular weight excluding hydrogens is 210 g/mol. The van der Waals surface area contributed by atoms with Gasteiger partial charge in [-0.2, -0.15) is 0 Å². The van der Waals surface area contributed by atoms with E-state index in [1.165, 1.54) is 52.1 Å². The van der Waals surface area contributed by atoms with Gasteiger partial charge in [-0.15, -0.1) is 0 Å². The van der Waals surface area contributed by atoms with Gasteiger partial charge in [0.05, 0.1) is 0 Å². The maximum Gasteiger partial charge on any atom is 0.0109 e. The summed E-state index contributed by atoms with van der Waals surface area (Å²) in [5.74, 6) is 0.880. The summed E-state index contributed by atoms with van der Waals surface area (Å²) in [7, 11) is 2.22. The number of nitrogens with one attached hydrogen (secondary N) is 1. The number of hydrogen-bond acceptors (Lipinski definition) is 3. The van der Waals surface area contributed by atoms with Crippen molar-refractivity contribution in [1.29, 1.82) is 0 Å². The summed E-state index contributed by atoms with van der Waals surface area (Å²) in [4.78, 5) is 5.06. The van der Waals surface area contributed by atoms with E-state index in [0.717, 1.165) is 5.92 Å². The first-order valence-corrected chi connectivity index (χ1v) is 7.26. The molecule has 0 aromatic carbocycles. The summed E-state index contributed by atoms with van der Waals surface area (Å²) >= 11 is 0. The fourth-order valence-corrected chi connectivity index (χ4v) is 2.32. The van der Waals surface area contributed by atoms with Gasteiger partial charge in [0.25, 0.3) is 0 Å². The lowest BCUT2D eigenvalue weighted by molar-refractivity contribution is 0.221. The van der Waals surface area contributed by atoms with E-state index in [4.69, 9.17) is 0 Å². The fraction of sp³-hybridized carbons (Fsp3) is 1.00. The molecule has 1 rings (SSSR count). The van der Waals surface area contributed by atoms with E-state index in [2.05, 4.69) is 42.9 Å². The molecule has 0 bridgehead atoms. The Balaban J connectivity index is 2.09. The largest absolute Gasteiger partial charge is 0.316 e. The summed E-state index contributed by atoms with van der Waals surface area (Å²) in [6, 6.07) is 0.666. The van der Waals surface area contributed by atoms with Crippen molar-refractivity contribution in [2.75, 3.05) is 46.3 Å². The lowest BCUT2D eigenvalue weighted by Crippen LogP contribution is -2.36. The molecule has 0 radical (unpaired) electrons. The Morgan fingerprint density at radius 2 is 2.18 bits per heavy atom. The topological polar surface area (TPSA) is 18.5 Å². The Hall–Kier alpha value is -0.120. The van der Waals surface area contributed by atoms with Gasteiger partial charge in [0.15, 0.2) is 0 Å². The molecule has 1 saturated heterocycles. The van der Waals surface area contributed by atoms with Gasteiger partial charge < -0.3 is 15.1 Å². The van der Waals surface area contributed by atoms with E-state index in [1.807, 2.05) is 0 Å². The van der Waals surface area contributed by atoms with E-state index in [-0.39, 0.29) is 0 Å². The minimum atomic E-state index is 0.666. The van der Waals surface area contributed by atoms with Gasteiger partial charge in [0, 0.05) is 25.7 Å². The van der Waals surface area contributed by atoms with E-state index in [1.54, 1.807) is 0 Å². The second-order valence-corrected chi connectivity index (χ2v) is 5.73. The van der Waals surface area contributed by atoms with E-state index < -0.39 is 0 Å². The molecule has 0 aromatic rings. The lowest BCUT2D eigenvalue weighted by Gasteiger charge is -2.24. The molecule has 0 amide bonds. The van der Waals surface area contributed by atoms with Gasteiger partial charge >= 0.3 is 0 Å². The van der Waals surface area contributed by atoms with Crippen LogP contribution in [0, 0.1) is 5.92 Å². The van der Waals surface area contributed by atoms with Crippen molar-refractivity contribution >= 4 is 0 Å². The molecule has 0 spiro atoms. The molecule has 3 heteroatoms. The fourth-order valence-electron chi connectivity index (χ4n) is 2.32. The molecular formula is C14H31N3. The van der Waals surface area contributed by atoms with Crippen molar-refractivity contribution in [1.82, 2.24) is 15.1 Å². The Morgan fingerprint density at radius 3 is 2.82 bits per heavy atom. The Labute approximate surface area is 108 Å². The maximum absolute atomic E-state index is 3.54. The molecule has 0 aliphatic carbocycles. The number of nitrogens with zero attached hydrogens (tertiary/aromatic N) is 2. The van der Waals surface area contributed by atoms with Gasteiger partial charge in [-0.3, -0.25) is 0 Å². The monoisotopic (exact) mass is 241 g/mol. The first kappa shape index (κ1) is 14.9. The Bertz CT molecular complexity index is 194. The molecule has 1 heterocycles. The summed E-state index contributed by atoms with van der Waals surface area (Å²) in [6.07, 6.45) is 2.62. The smallest absolute Gasteiger partial charge is 0.0109 e. The van der Waals surface area contributed by atoms with Crippen molar-refractivity contribution < 1.29 is 0 Å². The standard InChI is InChI=1S/C14H31N3/c1-5-7-15-11-14-6-8-17(12-14)10-9-16(4)13(2)3/h13-15H,5-12H2,1-4H3. The molecule has 0 aromatic heterocycles. The highest BCUT2D eigenvalue weighted by Crippen LogP contribution is 2.15. The molecule has 1 aliphatic heterocycles. The molecule has 1 unspecified atom stereocenters. The predicted octanol–water partition coefficient (Wildman–Crippen LogP) is 1.65. The van der Waals surface area contributed by atoms with Crippen LogP contribution in [-0.4, -0.2) is 62.2 Å². The van der Waals surface area contributed by atoms with Crippen LogP contribution in [0.15, 0.2) is 0 Å². The summed E-state index contributed by atoms with van der Waals surface area (Å²) in [6.45, 7) is 14.2. The zero-order valence-electron chi connectivity index (χ0n) is 12.2. The molecule has 1 aliphatic rings. The highest BCUT2D eigenvalue weighted by molar-refractivity contribution is 4.77. The van der Waals surface area contributed by atoms with Crippen LogP contribution in [0.2, 0.25) is 0 Å². The highest BCUT2D eigenvalue weighted by atomic mass is 15.2. The quantitative estimate of drug-likeness (QED) is 0.652. The normalized spacial score (nSPS) is 21.9. The third kappa shape index (κ3) is 5.84. The second kappa shape index (κ2) is 8.06. The van der Waals surface area contributed by atoms with Gasteiger partial charge in [0.2, 0.25) is 0 Å². The molecule has 0 saturated carbocycles. The van der Waals surface area contributed by atoms with Crippen LogP contribution in [0.1, 0.15) is 33.6 Å². The maximum atomic E-state index is 3.54. The minimum Gasteiger partial charge on any atom is -0.316 e. The third-order valence-corrected chi connectivity index (χ3v) is 3.88. The lowest BCUT2D eigenvalue weighted by atomic mass is 10.1. The van der Waals surface area contributed by atoms with Crippen LogP contribution in [0.5, 0.6) is 0 Å². The van der Waals surface area contributed by atoms with Crippen molar-refractivity contribution in [3.63, 3.8) is 0 Å². The molecule has 1 N–H and O–H groups in total. The average molecular weight is 241 g/mol. The number of rotatable bonds is 8. The zero-order chi connectivity index (χ0) is 12.7. The van der Waals surface area contributed by atoms with Crippen molar-refractivity contribution in [2.45, 2.75) is 39.7 Å². The van der Waals surface area contributed by atoms with E-state index in [0.29, 0.717) is 6.04 Å². The van der Waals surface area contributed by atoms with Crippen molar-refractivity contribution in [3.8, 4) is 0 Å². The van der Waals surface area contributed by atoms with Crippen molar-refractivity contribution in [3.05, 3.63) is 0 Å².